The highest BCUT2D eigenvalue weighted by Crippen LogP contribution is 2.26. The number of halogens is 3. The van der Waals surface area contributed by atoms with Gasteiger partial charge in [0.15, 0.2) is 0 Å². The lowest BCUT2D eigenvalue weighted by Gasteiger charge is -2.25. The molecule has 0 saturated heterocycles. The molecule has 0 saturated carbocycles. The predicted molar refractivity (Wildman–Crippen MR) is 80.8 cm³/mol. The van der Waals surface area contributed by atoms with Crippen LogP contribution in [0.2, 0.25) is 5.02 Å². The topological polar surface area (TPSA) is 26.0 Å². The van der Waals surface area contributed by atoms with Gasteiger partial charge >= 0.3 is 0 Å². The fourth-order valence-corrected chi connectivity index (χ4v) is 2.64. The Kier molecular flexibility index (Phi) is 4.29. The van der Waals surface area contributed by atoms with Crippen molar-refractivity contribution in [1.82, 2.24) is 0 Å². The number of rotatable bonds is 3. The third-order valence-electron chi connectivity index (χ3n) is 3.04. The first kappa shape index (κ1) is 14.5. The molecule has 0 heterocycles. The van der Waals surface area contributed by atoms with Gasteiger partial charge in [0, 0.05) is 10.6 Å². The van der Waals surface area contributed by atoms with E-state index in [-0.39, 0.29) is 5.82 Å². The molecular weight excluding hydrogens is 329 g/mol. The molecule has 0 fully saturated rings. The minimum atomic E-state index is -0.553. The van der Waals surface area contributed by atoms with Crippen LogP contribution in [0.25, 0.3) is 0 Å². The Balaban J connectivity index is 2.27. The first-order chi connectivity index (χ1) is 8.88. The summed E-state index contributed by atoms with van der Waals surface area (Å²) in [6, 6.07) is 12.4. The molecule has 0 bridgehead atoms. The summed E-state index contributed by atoms with van der Waals surface area (Å²) in [6.45, 7) is 1.94. The zero-order valence-electron chi connectivity index (χ0n) is 10.5. The van der Waals surface area contributed by atoms with Crippen LogP contribution in [0.5, 0.6) is 0 Å². The summed E-state index contributed by atoms with van der Waals surface area (Å²) in [5.74, 6) is -0.273. The van der Waals surface area contributed by atoms with Crippen LogP contribution in [-0.2, 0) is 12.0 Å². The van der Waals surface area contributed by atoms with Gasteiger partial charge in [-0.25, -0.2) is 4.39 Å². The Morgan fingerprint density at radius 3 is 2.63 bits per heavy atom. The molecule has 2 rings (SSSR count). The van der Waals surface area contributed by atoms with Crippen molar-refractivity contribution in [2.75, 3.05) is 0 Å². The molecule has 19 heavy (non-hydrogen) atoms. The summed E-state index contributed by atoms with van der Waals surface area (Å²) in [7, 11) is 0. The minimum Gasteiger partial charge on any atom is -0.321 e. The van der Waals surface area contributed by atoms with Crippen LogP contribution in [-0.4, -0.2) is 0 Å². The first-order valence-electron chi connectivity index (χ1n) is 5.87. The van der Waals surface area contributed by atoms with E-state index in [1.165, 1.54) is 6.07 Å². The fourth-order valence-electron chi connectivity index (χ4n) is 2.02. The molecule has 2 N–H and O–H groups in total. The molecule has 0 aliphatic heterocycles. The van der Waals surface area contributed by atoms with Gasteiger partial charge in [-0.15, -0.1) is 0 Å². The lowest BCUT2D eigenvalue weighted by atomic mass is 9.87. The van der Waals surface area contributed by atoms with E-state index in [0.717, 1.165) is 11.1 Å². The molecule has 1 unspecified atom stereocenters. The third-order valence-corrected chi connectivity index (χ3v) is 3.88. The summed E-state index contributed by atoms with van der Waals surface area (Å²) in [6.07, 6.45) is 0.603. The largest absolute Gasteiger partial charge is 0.321 e. The fraction of sp³-hybridized carbons (Fsp3) is 0.200. The zero-order chi connectivity index (χ0) is 14.0. The van der Waals surface area contributed by atoms with Crippen molar-refractivity contribution in [1.29, 1.82) is 0 Å². The van der Waals surface area contributed by atoms with Gasteiger partial charge in [-0.05, 0) is 64.7 Å². The Morgan fingerprint density at radius 1 is 1.26 bits per heavy atom. The highest BCUT2D eigenvalue weighted by Gasteiger charge is 2.22. The summed E-state index contributed by atoms with van der Waals surface area (Å²) >= 11 is 9.17. The van der Waals surface area contributed by atoms with Crippen LogP contribution in [0.4, 0.5) is 4.39 Å². The van der Waals surface area contributed by atoms with E-state index in [1.807, 2.05) is 31.2 Å². The van der Waals surface area contributed by atoms with E-state index in [2.05, 4.69) is 15.9 Å². The molecule has 1 atom stereocenters. The molecule has 2 aromatic carbocycles. The van der Waals surface area contributed by atoms with Gasteiger partial charge in [0.2, 0.25) is 0 Å². The van der Waals surface area contributed by atoms with Gasteiger partial charge in [-0.1, -0.05) is 29.8 Å². The summed E-state index contributed by atoms with van der Waals surface area (Å²) in [5.41, 5.74) is 7.74. The molecular formula is C15H14BrClFN. The minimum absolute atomic E-state index is 0.273. The number of hydrogen-bond acceptors (Lipinski definition) is 1. The summed E-state index contributed by atoms with van der Waals surface area (Å²) < 4.78 is 13.7. The van der Waals surface area contributed by atoms with Crippen LogP contribution in [0, 0.1) is 5.82 Å². The van der Waals surface area contributed by atoms with Crippen molar-refractivity contribution < 1.29 is 4.39 Å². The predicted octanol–water partition coefficient (Wildman–Crippen LogP) is 4.66. The first-order valence-corrected chi connectivity index (χ1v) is 7.04. The molecule has 0 radical (unpaired) electrons. The molecule has 2 aromatic rings. The number of benzene rings is 2. The van der Waals surface area contributed by atoms with Gasteiger partial charge in [-0.3, -0.25) is 0 Å². The Hall–Kier alpha value is -0.900. The van der Waals surface area contributed by atoms with Crippen LogP contribution in [0.15, 0.2) is 46.9 Å². The molecule has 1 nitrogen and oxygen atoms in total. The van der Waals surface area contributed by atoms with Crippen LogP contribution in [0.1, 0.15) is 18.1 Å². The van der Waals surface area contributed by atoms with Crippen LogP contribution in [0.3, 0.4) is 0 Å². The van der Waals surface area contributed by atoms with Gasteiger partial charge in [0.25, 0.3) is 0 Å². The molecule has 0 aliphatic carbocycles. The lowest BCUT2D eigenvalue weighted by Crippen LogP contribution is -2.35. The number of nitrogens with two attached hydrogens (primary N) is 1. The van der Waals surface area contributed by atoms with E-state index in [9.17, 15) is 4.39 Å². The van der Waals surface area contributed by atoms with Gasteiger partial charge in [-0.2, -0.15) is 0 Å². The summed E-state index contributed by atoms with van der Waals surface area (Å²) in [5, 5.41) is 0.662. The molecule has 100 valence electrons. The maximum absolute atomic E-state index is 13.2. The molecule has 0 aliphatic rings. The molecule has 0 amide bonds. The lowest BCUT2D eigenvalue weighted by molar-refractivity contribution is 0.490. The average Bonchev–Trinajstić information content (AvgIpc) is 2.33. The maximum Gasteiger partial charge on any atom is 0.137 e. The van der Waals surface area contributed by atoms with Crippen LogP contribution >= 0.6 is 27.5 Å². The van der Waals surface area contributed by atoms with Crippen molar-refractivity contribution in [3.63, 3.8) is 0 Å². The van der Waals surface area contributed by atoms with Crippen molar-refractivity contribution in [3.8, 4) is 0 Å². The van der Waals surface area contributed by atoms with E-state index in [0.29, 0.717) is 15.9 Å². The van der Waals surface area contributed by atoms with E-state index >= 15 is 0 Å². The Morgan fingerprint density at radius 2 is 2.00 bits per heavy atom. The van der Waals surface area contributed by atoms with Gasteiger partial charge in [0.05, 0.1) is 4.47 Å². The van der Waals surface area contributed by atoms with E-state index in [4.69, 9.17) is 17.3 Å². The van der Waals surface area contributed by atoms with Crippen molar-refractivity contribution in [3.05, 3.63) is 68.9 Å². The Bertz CT molecular complexity index is 598. The van der Waals surface area contributed by atoms with Crippen molar-refractivity contribution >= 4 is 27.5 Å². The maximum atomic E-state index is 13.2. The standard InChI is InChI=1S/C15H14BrClFN/c1-15(19,11-3-2-4-12(17)8-11)9-10-5-6-14(18)13(16)7-10/h2-8H,9,19H2,1H3. The average molecular weight is 343 g/mol. The quantitative estimate of drug-likeness (QED) is 0.862. The second kappa shape index (κ2) is 5.61. The second-order valence-electron chi connectivity index (χ2n) is 4.85. The Labute approximate surface area is 125 Å². The number of hydrogen-bond donors (Lipinski definition) is 1. The van der Waals surface area contributed by atoms with E-state index < -0.39 is 5.54 Å². The molecule has 0 aromatic heterocycles. The van der Waals surface area contributed by atoms with Crippen molar-refractivity contribution in [2.45, 2.75) is 18.9 Å². The SMILES string of the molecule is CC(N)(Cc1ccc(F)c(Br)c1)c1cccc(Cl)c1. The molecule has 0 spiro atoms. The van der Waals surface area contributed by atoms with Gasteiger partial charge < -0.3 is 5.73 Å². The second-order valence-corrected chi connectivity index (χ2v) is 6.14. The van der Waals surface area contributed by atoms with Gasteiger partial charge in [0.1, 0.15) is 5.82 Å². The monoisotopic (exact) mass is 341 g/mol. The zero-order valence-corrected chi connectivity index (χ0v) is 12.8. The third kappa shape index (κ3) is 3.56. The normalized spacial score (nSPS) is 14.2. The smallest absolute Gasteiger partial charge is 0.137 e. The van der Waals surface area contributed by atoms with E-state index in [1.54, 1.807) is 12.1 Å². The highest BCUT2D eigenvalue weighted by atomic mass is 79.9. The van der Waals surface area contributed by atoms with Crippen molar-refractivity contribution in [2.24, 2.45) is 5.73 Å². The highest BCUT2D eigenvalue weighted by molar-refractivity contribution is 9.10. The van der Waals surface area contributed by atoms with Crippen LogP contribution < -0.4 is 5.73 Å². The molecule has 4 heteroatoms. The summed E-state index contributed by atoms with van der Waals surface area (Å²) in [4.78, 5) is 0.